The first-order valence-corrected chi connectivity index (χ1v) is 10.0. The molecule has 1 aromatic carbocycles. The molecule has 154 valence electrons. The van der Waals surface area contributed by atoms with Gasteiger partial charge < -0.3 is 14.6 Å². The number of halogens is 1. The fraction of sp³-hybridized carbons (Fsp3) is 0.182. The van der Waals surface area contributed by atoms with Crippen LogP contribution in [-0.2, 0) is 4.74 Å². The molecule has 1 saturated heterocycles. The summed E-state index contributed by atoms with van der Waals surface area (Å²) < 4.78 is 19.1. The smallest absolute Gasteiger partial charge is 0.161 e. The molecule has 5 aromatic rings. The van der Waals surface area contributed by atoms with Crippen LogP contribution in [0.1, 0.15) is 0 Å². The second kappa shape index (κ2) is 7.13. The van der Waals surface area contributed by atoms with Gasteiger partial charge in [0.2, 0.25) is 0 Å². The van der Waals surface area contributed by atoms with Gasteiger partial charge in [-0.3, -0.25) is 10.1 Å². The van der Waals surface area contributed by atoms with Gasteiger partial charge in [0, 0.05) is 36.4 Å². The Hall–Kier alpha value is -3.85. The van der Waals surface area contributed by atoms with Crippen molar-refractivity contribution >= 4 is 27.8 Å². The summed E-state index contributed by atoms with van der Waals surface area (Å²) in [6.07, 6.45) is 4.62. The first-order valence-electron chi connectivity index (χ1n) is 10.0. The Morgan fingerprint density at radius 3 is 2.81 bits per heavy atom. The lowest BCUT2D eigenvalue weighted by atomic mass is 10.0. The molecule has 0 atom stereocenters. The van der Waals surface area contributed by atoms with Crippen LogP contribution in [-0.4, -0.2) is 56.4 Å². The van der Waals surface area contributed by atoms with Crippen molar-refractivity contribution in [2.45, 2.75) is 0 Å². The average molecular weight is 415 g/mol. The molecule has 9 heteroatoms. The van der Waals surface area contributed by atoms with Gasteiger partial charge in [-0.2, -0.15) is 5.10 Å². The third-order valence-electron chi connectivity index (χ3n) is 5.54. The number of hydrogen-bond donors (Lipinski definition) is 2. The zero-order chi connectivity index (χ0) is 20.8. The molecule has 0 spiro atoms. The SMILES string of the molecule is Fc1cncc(-c2ccc3[nH]nc(-c4nc5c(N6CCOCC6)ccnc5[nH]4)c3c2)c1. The van der Waals surface area contributed by atoms with Crippen LogP contribution in [0.3, 0.4) is 0 Å². The predicted octanol–water partition coefficient (Wildman–Crippen LogP) is 3.54. The number of rotatable bonds is 3. The minimum absolute atomic E-state index is 0.371. The molecular formula is C22H18FN7O. The Balaban J connectivity index is 1.46. The van der Waals surface area contributed by atoms with E-state index in [1.807, 2.05) is 24.3 Å². The molecule has 0 unspecified atom stereocenters. The molecule has 8 nitrogen and oxygen atoms in total. The van der Waals surface area contributed by atoms with E-state index in [0.717, 1.165) is 40.8 Å². The first kappa shape index (κ1) is 18.0. The normalized spacial score (nSPS) is 14.5. The molecule has 0 radical (unpaired) electrons. The van der Waals surface area contributed by atoms with Gasteiger partial charge in [-0.25, -0.2) is 14.4 Å². The number of imidazole rings is 1. The van der Waals surface area contributed by atoms with E-state index in [4.69, 9.17) is 9.72 Å². The summed E-state index contributed by atoms with van der Waals surface area (Å²) in [7, 11) is 0. The lowest BCUT2D eigenvalue weighted by molar-refractivity contribution is 0.123. The van der Waals surface area contributed by atoms with Crippen LogP contribution in [0.15, 0.2) is 48.9 Å². The molecule has 4 aromatic heterocycles. The van der Waals surface area contributed by atoms with Gasteiger partial charge in [0.25, 0.3) is 0 Å². The van der Waals surface area contributed by atoms with E-state index in [1.165, 1.54) is 12.3 Å². The van der Waals surface area contributed by atoms with Crippen LogP contribution in [0.4, 0.5) is 10.1 Å². The first-order chi connectivity index (χ1) is 15.3. The molecule has 1 aliphatic heterocycles. The van der Waals surface area contributed by atoms with Gasteiger partial charge >= 0.3 is 0 Å². The Bertz CT molecular complexity index is 1400. The van der Waals surface area contributed by atoms with Crippen LogP contribution in [0.25, 0.3) is 44.7 Å². The standard InChI is InChI=1S/C22H18FN7O/c23-15-9-14(11-24-12-15)13-1-2-17-16(10-13)19(29-28-17)22-26-20-18(3-4-25-21(20)27-22)30-5-7-31-8-6-30/h1-4,9-12H,5-8H2,(H,28,29)(H,25,26,27). The highest BCUT2D eigenvalue weighted by atomic mass is 19.1. The zero-order valence-corrected chi connectivity index (χ0v) is 16.5. The Morgan fingerprint density at radius 2 is 1.94 bits per heavy atom. The van der Waals surface area contributed by atoms with E-state index in [1.54, 1.807) is 12.4 Å². The quantitative estimate of drug-likeness (QED) is 0.468. The lowest BCUT2D eigenvalue weighted by Crippen LogP contribution is -2.36. The highest BCUT2D eigenvalue weighted by Crippen LogP contribution is 2.32. The van der Waals surface area contributed by atoms with Gasteiger partial charge in [-0.1, -0.05) is 6.07 Å². The van der Waals surface area contributed by atoms with Gasteiger partial charge in [0.1, 0.15) is 17.0 Å². The Morgan fingerprint density at radius 1 is 1.03 bits per heavy atom. The maximum atomic E-state index is 13.6. The predicted molar refractivity (Wildman–Crippen MR) is 115 cm³/mol. The highest BCUT2D eigenvalue weighted by molar-refractivity contribution is 5.96. The van der Waals surface area contributed by atoms with Crippen LogP contribution < -0.4 is 4.90 Å². The number of hydrogen-bond acceptors (Lipinski definition) is 6. The van der Waals surface area contributed by atoms with E-state index in [0.29, 0.717) is 35.9 Å². The van der Waals surface area contributed by atoms with Gasteiger partial charge in [0.05, 0.1) is 30.6 Å². The van der Waals surface area contributed by atoms with Gasteiger partial charge in [-0.05, 0) is 29.8 Å². The molecule has 2 N–H and O–H groups in total. The minimum atomic E-state index is -0.371. The topological polar surface area (TPSA) is 95.6 Å². The van der Waals surface area contributed by atoms with E-state index in [2.05, 4.69) is 30.0 Å². The van der Waals surface area contributed by atoms with Crippen molar-refractivity contribution in [3.8, 4) is 22.6 Å². The molecule has 0 saturated carbocycles. The van der Waals surface area contributed by atoms with Crippen molar-refractivity contribution in [3.05, 3.63) is 54.7 Å². The second-order valence-corrected chi connectivity index (χ2v) is 7.44. The number of aromatic amines is 2. The van der Waals surface area contributed by atoms with Gasteiger partial charge in [-0.15, -0.1) is 0 Å². The fourth-order valence-corrected chi connectivity index (χ4v) is 4.01. The summed E-state index contributed by atoms with van der Waals surface area (Å²) in [5, 5.41) is 8.42. The number of nitrogens with zero attached hydrogens (tertiary/aromatic N) is 5. The fourth-order valence-electron chi connectivity index (χ4n) is 4.01. The van der Waals surface area contributed by atoms with Crippen molar-refractivity contribution < 1.29 is 9.13 Å². The molecule has 1 fully saturated rings. The number of nitrogens with one attached hydrogen (secondary N) is 2. The maximum Gasteiger partial charge on any atom is 0.161 e. The Kier molecular flexibility index (Phi) is 4.13. The van der Waals surface area contributed by atoms with Crippen LogP contribution >= 0.6 is 0 Å². The summed E-state index contributed by atoms with van der Waals surface area (Å²) in [4.78, 5) is 18.8. The molecule has 0 bridgehead atoms. The third-order valence-corrected chi connectivity index (χ3v) is 5.54. The minimum Gasteiger partial charge on any atom is -0.378 e. The van der Waals surface area contributed by atoms with E-state index in [-0.39, 0.29) is 5.82 Å². The van der Waals surface area contributed by atoms with Crippen LogP contribution in [0.2, 0.25) is 0 Å². The highest BCUT2D eigenvalue weighted by Gasteiger charge is 2.19. The summed E-state index contributed by atoms with van der Waals surface area (Å²) in [6.45, 7) is 3.03. The number of pyridine rings is 2. The van der Waals surface area contributed by atoms with Crippen molar-refractivity contribution in [1.82, 2.24) is 30.1 Å². The second-order valence-electron chi connectivity index (χ2n) is 7.44. The van der Waals surface area contributed by atoms with E-state index in [9.17, 15) is 4.39 Å². The number of ether oxygens (including phenoxy) is 1. The molecule has 0 amide bonds. The van der Waals surface area contributed by atoms with Crippen molar-refractivity contribution in [2.24, 2.45) is 0 Å². The third kappa shape index (κ3) is 3.10. The Labute approximate surface area is 176 Å². The summed E-state index contributed by atoms with van der Waals surface area (Å²) in [5.41, 5.74) is 5.65. The van der Waals surface area contributed by atoms with Crippen LogP contribution in [0.5, 0.6) is 0 Å². The number of fused-ring (bicyclic) bond motifs is 2. The zero-order valence-electron chi connectivity index (χ0n) is 16.5. The summed E-state index contributed by atoms with van der Waals surface area (Å²) in [5.74, 6) is 0.257. The molecule has 31 heavy (non-hydrogen) atoms. The molecule has 5 heterocycles. The molecule has 6 rings (SSSR count). The maximum absolute atomic E-state index is 13.6. The molecule has 1 aliphatic rings. The molecule has 0 aliphatic carbocycles. The number of morpholine rings is 1. The van der Waals surface area contributed by atoms with Crippen molar-refractivity contribution in [3.63, 3.8) is 0 Å². The number of H-pyrrole nitrogens is 2. The monoisotopic (exact) mass is 415 g/mol. The van der Waals surface area contributed by atoms with Crippen molar-refractivity contribution in [1.29, 1.82) is 0 Å². The van der Waals surface area contributed by atoms with Gasteiger partial charge in [0.15, 0.2) is 11.5 Å². The van der Waals surface area contributed by atoms with Crippen LogP contribution in [0, 0.1) is 5.82 Å². The molecular weight excluding hydrogens is 397 g/mol. The van der Waals surface area contributed by atoms with E-state index >= 15 is 0 Å². The summed E-state index contributed by atoms with van der Waals surface area (Å²) >= 11 is 0. The largest absolute Gasteiger partial charge is 0.378 e. The number of anilines is 1. The van der Waals surface area contributed by atoms with Crippen molar-refractivity contribution in [2.75, 3.05) is 31.2 Å². The average Bonchev–Trinajstić information content (AvgIpc) is 3.43. The number of aromatic nitrogens is 6. The number of benzene rings is 1. The van der Waals surface area contributed by atoms with E-state index < -0.39 is 0 Å². The lowest BCUT2D eigenvalue weighted by Gasteiger charge is -2.28. The summed E-state index contributed by atoms with van der Waals surface area (Å²) in [6, 6.07) is 9.25.